The van der Waals surface area contributed by atoms with Crippen molar-refractivity contribution < 1.29 is 8.42 Å². The molecule has 0 heterocycles. The summed E-state index contributed by atoms with van der Waals surface area (Å²) in [4.78, 5) is 0.383. The van der Waals surface area contributed by atoms with Crippen molar-refractivity contribution in [2.45, 2.75) is 25.7 Å². The summed E-state index contributed by atoms with van der Waals surface area (Å²) in [6, 6.07) is 3.66. The molecule has 0 amide bonds. The minimum Gasteiger partial charge on any atom is -0.388 e. The zero-order valence-corrected chi connectivity index (χ0v) is 10.9. The van der Waals surface area contributed by atoms with Crippen LogP contribution in [0.15, 0.2) is 17.0 Å². The zero-order valence-electron chi connectivity index (χ0n) is 10.1. The Labute approximate surface area is 97.1 Å². The maximum atomic E-state index is 11.9. The van der Waals surface area contributed by atoms with Gasteiger partial charge in [0, 0.05) is 19.3 Å². The maximum absolute atomic E-state index is 11.9. The predicted molar refractivity (Wildman–Crippen MR) is 66.3 cm³/mol. The summed E-state index contributed by atoms with van der Waals surface area (Å²) >= 11 is 0. The molecule has 1 aromatic carbocycles. The third-order valence-corrected chi connectivity index (χ3v) is 4.20. The van der Waals surface area contributed by atoms with E-state index in [4.69, 9.17) is 0 Å². The molecular weight excluding hydrogens is 224 g/mol. The van der Waals surface area contributed by atoms with Gasteiger partial charge in [0.2, 0.25) is 10.0 Å². The third kappa shape index (κ3) is 2.54. The average Bonchev–Trinajstić information content (AvgIpc) is 2.15. The largest absolute Gasteiger partial charge is 0.388 e. The van der Waals surface area contributed by atoms with Crippen molar-refractivity contribution in [3.05, 3.63) is 23.3 Å². The summed E-state index contributed by atoms with van der Waals surface area (Å²) in [6.07, 6.45) is 0. The van der Waals surface area contributed by atoms with Crippen LogP contribution in [0.1, 0.15) is 18.1 Å². The van der Waals surface area contributed by atoms with Crippen LogP contribution in [0.5, 0.6) is 0 Å². The molecule has 0 bridgehead atoms. The van der Waals surface area contributed by atoms with Crippen LogP contribution in [0.3, 0.4) is 0 Å². The fourth-order valence-corrected chi connectivity index (χ4v) is 3.27. The van der Waals surface area contributed by atoms with Crippen molar-refractivity contribution in [3.8, 4) is 0 Å². The van der Waals surface area contributed by atoms with Crippen LogP contribution in [-0.4, -0.2) is 22.0 Å². The third-order valence-electron chi connectivity index (χ3n) is 2.35. The first-order chi connectivity index (χ1) is 7.42. The molecule has 0 aliphatic heterocycles. The smallest absolute Gasteiger partial charge is 0.241 e. The van der Waals surface area contributed by atoms with Gasteiger partial charge in [0.25, 0.3) is 0 Å². The molecule has 0 radical (unpaired) electrons. The first kappa shape index (κ1) is 13.0. The Morgan fingerprint density at radius 2 is 1.69 bits per heavy atom. The number of nitrogens with one attached hydrogen (secondary N) is 2. The standard InChI is InChI=1S/C11H18N2O2S/c1-5-13-16(14,15)11-8(2)6-10(12-4)7-9(11)3/h6-7,12-13H,5H2,1-4H3. The second-order valence-electron chi connectivity index (χ2n) is 3.69. The summed E-state index contributed by atoms with van der Waals surface area (Å²) in [5.41, 5.74) is 2.43. The monoisotopic (exact) mass is 242 g/mol. The molecule has 0 saturated carbocycles. The second kappa shape index (κ2) is 4.84. The van der Waals surface area contributed by atoms with Crippen molar-refractivity contribution in [1.82, 2.24) is 4.72 Å². The van der Waals surface area contributed by atoms with E-state index < -0.39 is 10.0 Å². The number of rotatable bonds is 4. The second-order valence-corrected chi connectivity index (χ2v) is 5.39. The van der Waals surface area contributed by atoms with Gasteiger partial charge in [-0.3, -0.25) is 0 Å². The highest BCUT2D eigenvalue weighted by molar-refractivity contribution is 7.89. The predicted octanol–water partition coefficient (Wildman–Crippen LogP) is 1.64. The molecule has 1 rings (SSSR count). The van der Waals surface area contributed by atoms with E-state index in [1.165, 1.54) is 0 Å². The Balaban J connectivity index is 3.36. The summed E-state index contributed by atoms with van der Waals surface area (Å²) in [6.45, 7) is 5.77. The molecule has 5 heteroatoms. The van der Waals surface area contributed by atoms with Gasteiger partial charge in [0.05, 0.1) is 4.90 Å². The summed E-state index contributed by atoms with van der Waals surface area (Å²) in [5.74, 6) is 0. The highest BCUT2D eigenvalue weighted by atomic mass is 32.2. The summed E-state index contributed by atoms with van der Waals surface area (Å²) in [5, 5.41) is 3.00. The molecule has 0 atom stereocenters. The van der Waals surface area contributed by atoms with Crippen molar-refractivity contribution in [2.75, 3.05) is 18.9 Å². The van der Waals surface area contributed by atoms with E-state index in [0.717, 1.165) is 16.8 Å². The maximum Gasteiger partial charge on any atom is 0.241 e. The van der Waals surface area contributed by atoms with Crippen LogP contribution in [0, 0.1) is 13.8 Å². The van der Waals surface area contributed by atoms with Crippen molar-refractivity contribution in [1.29, 1.82) is 0 Å². The fourth-order valence-electron chi connectivity index (χ4n) is 1.78. The number of hydrogen-bond donors (Lipinski definition) is 2. The van der Waals surface area contributed by atoms with E-state index in [1.54, 1.807) is 20.8 Å². The molecule has 0 fully saturated rings. The molecular formula is C11H18N2O2S. The normalized spacial score (nSPS) is 11.5. The number of hydrogen-bond acceptors (Lipinski definition) is 3. The number of sulfonamides is 1. The summed E-state index contributed by atoms with van der Waals surface area (Å²) < 4.78 is 26.4. The SMILES string of the molecule is CCNS(=O)(=O)c1c(C)cc(NC)cc1C. The average molecular weight is 242 g/mol. The van der Waals surface area contributed by atoms with E-state index in [0.29, 0.717) is 11.4 Å². The van der Waals surface area contributed by atoms with Gasteiger partial charge in [-0.2, -0.15) is 0 Å². The fraction of sp³-hybridized carbons (Fsp3) is 0.455. The highest BCUT2D eigenvalue weighted by Crippen LogP contribution is 2.23. The highest BCUT2D eigenvalue weighted by Gasteiger charge is 2.18. The van der Waals surface area contributed by atoms with Gasteiger partial charge >= 0.3 is 0 Å². The van der Waals surface area contributed by atoms with Crippen molar-refractivity contribution in [2.24, 2.45) is 0 Å². The van der Waals surface area contributed by atoms with Crippen molar-refractivity contribution >= 4 is 15.7 Å². The lowest BCUT2D eigenvalue weighted by Crippen LogP contribution is -2.24. The van der Waals surface area contributed by atoms with Gasteiger partial charge in [-0.1, -0.05) is 6.92 Å². The number of aryl methyl sites for hydroxylation is 2. The molecule has 1 aromatic rings. The molecule has 0 spiro atoms. The van der Waals surface area contributed by atoms with E-state index in [1.807, 2.05) is 19.2 Å². The Kier molecular flexibility index (Phi) is 3.93. The van der Waals surface area contributed by atoms with Gasteiger partial charge in [-0.25, -0.2) is 13.1 Å². The molecule has 0 unspecified atom stereocenters. The molecule has 4 nitrogen and oxygen atoms in total. The van der Waals surface area contributed by atoms with E-state index in [2.05, 4.69) is 10.0 Å². The molecule has 90 valence electrons. The zero-order chi connectivity index (χ0) is 12.3. The lowest BCUT2D eigenvalue weighted by molar-refractivity contribution is 0.582. The minimum absolute atomic E-state index is 0.383. The first-order valence-electron chi connectivity index (χ1n) is 5.21. The Hall–Kier alpha value is -1.07. The lowest BCUT2D eigenvalue weighted by Gasteiger charge is -2.13. The van der Waals surface area contributed by atoms with Gasteiger partial charge in [0.15, 0.2) is 0 Å². The topological polar surface area (TPSA) is 58.2 Å². The van der Waals surface area contributed by atoms with Gasteiger partial charge in [0.1, 0.15) is 0 Å². The van der Waals surface area contributed by atoms with Gasteiger partial charge < -0.3 is 5.32 Å². The summed E-state index contributed by atoms with van der Waals surface area (Å²) in [7, 11) is -1.56. The van der Waals surface area contributed by atoms with Gasteiger partial charge in [-0.15, -0.1) is 0 Å². The molecule has 0 aromatic heterocycles. The Morgan fingerprint density at radius 1 is 1.19 bits per heavy atom. The lowest BCUT2D eigenvalue weighted by atomic mass is 10.1. The Morgan fingerprint density at radius 3 is 2.06 bits per heavy atom. The minimum atomic E-state index is -3.37. The van der Waals surface area contributed by atoms with Crippen LogP contribution in [-0.2, 0) is 10.0 Å². The van der Waals surface area contributed by atoms with Crippen molar-refractivity contribution in [3.63, 3.8) is 0 Å². The van der Waals surface area contributed by atoms with Crippen LogP contribution in [0.2, 0.25) is 0 Å². The molecule has 0 aliphatic carbocycles. The van der Waals surface area contributed by atoms with Crippen LogP contribution in [0.25, 0.3) is 0 Å². The quantitative estimate of drug-likeness (QED) is 0.844. The number of benzene rings is 1. The first-order valence-corrected chi connectivity index (χ1v) is 6.69. The molecule has 0 saturated heterocycles. The van der Waals surface area contributed by atoms with Crippen LogP contribution in [0.4, 0.5) is 5.69 Å². The van der Waals surface area contributed by atoms with Crippen LogP contribution >= 0.6 is 0 Å². The van der Waals surface area contributed by atoms with Crippen LogP contribution < -0.4 is 10.0 Å². The molecule has 16 heavy (non-hydrogen) atoms. The number of anilines is 1. The van der Waals surface area contributed by atoms with E-state index in [9.17, 15) is 8.42 Å². The van der Waals surface area contributed by atoms with E-state index in [-0.39, 0.29) is 0 Å². The molecule has 2 N–H and O–H groups in total. The van der Waals surface area contributed by atoms with E-state index >= 15 is 0 Å². The molecule has 0 aliphatic rings. The Bertz CT molecular complexity index is 458. The van der Waals surface area contributed by atoms with Gasteiger partial charge in [-0.05, 0) is 37.1 Å².